The number of fused-ring (bicyclic) bond motifs is 1. The van der Waals surface area contributed by atoms with E-state index in [1.54, 1.807) is 11.3 Å². The number of carbonyl (C=O) groups excluding carboxylic acids is 1. The Morgan fingerprint density at radius 2 is 2.20 bits per heavy atom. The highest BCUT2D eigenvalue weighted by Crippen LogP contribution is 2.31. The second-order valence-electron chi connectivity index (χ2n) is 6.04. The second-order valence-corrected chi connectivity index (χ2v) is 7.17. The number of aliphatic hydroxyl groups is 1. The molecule has 1 amide bonds. The highest BCUT2D eigenvalue weighted by molar-refractivity contribution is 7.14. The summed E-state index contributed by atoms with van der Waals surface area (Å²) in [5.74, 6) is 0.694. The fourth-order valence-corrected chi connectivity index (χ4v) is 4.64. The Morgan fingerprint density at radius 1 is 1.35 bits per heavy atom. The van der Waals surface area contributed by atoms with Crippen LogP contribution in [0.4, 0.5) is 0 Å². The van der Waals surface area contributed by atoms with Gasteiger partial charge in [-0.15, -0.1) is 11.3 Å². The SMILES string of the molecule is O=C(c1cc2c(s1)CCCC2)N1CCCC(CCO)C1. The standard InChI is InChI=1S/C16H23NO2S/c18-9-7-12-4-3-8-17(11-12)16(19)15-10-13-5-1-2-6-14(13)20-15/h10,12,18H,1-9,11H2. The molecule has 1 saturated heterocycles. The van der Waals surface area contributed by atoms with Crippen LogP contribution in [-0.4, -0.2) is 35.6 Å². The Labute approximate surface area is 124 Å². The van der Waals surface area contributed by atoms with E-state index in [1.807, 2.05) is 4.90 Å². The van der Waals surface area contributed by atoms with E-state index in [4.69, 9.17) is 5.11 Å². The number of hydrogen-bond donors (Lipinski definition) is 1. The summed E-state index contributed by atoms with van der Waals surface area (Å²) in [6, 6.07) is 2.14. The van der Waals surface area contributed by atoms with E-state index in [1.165, 1.54) is 23.3 Å². The molecule has 0 radical (unpaired) electrons. The molecule has 1 aliphatic carbocycles. The molecule has 1 aromatic heterocycles. The fourth-order valence-electron chi connectivity index (χ4n) is 3.42. The molecule has 0 saturated carbocycles. The topological polar surface area (TPSA) is 40.5 Å². The van der Waals surface area contributed by atoms with E-state index in [2.05, 4.69) is 6.07 Å². The summed E-state index contributed by atoms with van der Waals surface area (Å²) in [5.41, 5.74) is 1.41. The van der Waals surface area contributed by atoms with Crippen LogP contribution in [0.25, 0.3) is 0 Å². The number of piperidine rings is 1. The van der Waals surface area contributed by atoms with Gasteiger partial charge in [-0.2, -0.15) is 0 Å². The van der Waals surface area contributed by atoms with Gasteiger partial charge in [-0.1, -0.05) is 0 Å². The maximum Gasteiger partial charge on any atom is 0.263 e. The van der Waals surface area contributed by atoms with Gasteiger partial charge in [-0.3, -0.25) is 4.79 Å². The summed E-state index contributed by atoms with van der Waals surface area (Å²) in [6.07, 6.45) is 7.87. The van der Waals surface area contributed by atoms with Gasteiger partial charge in [-0.25, -0.2) is 0 Å². The van der Waals surface area contributed by atoms with Crippen LogP contribution in [0.2, 0.25) is 0 Å². The molecule has 1 N–H and O–H groups in total. The minimum Gasteiger partial charge on any atom is -0.396 e. The van der Waals surface area contributed by atoms with Crippen molar-refractivity contribution < 1.29 is 9.90 Å². The van der Waals surface area contributed by atoms with E-state index in [0.29, 0.717) is 5.92 Å². The third kappa shape index (κ3) is 2.91. The maximum atomic E-state index is 12.6. The van der Waals surface area contributed by atoms with Gasteiger partial charge in [0.25, 0.3) is 5.91 Å². The van der Waals surface area contributed by atoms with Gasteiger partial charge in [-0.05, 0) is 62.5 Å². The Kier molecular flexibility index (Phi) is 4.41. The molecule has 1 unspecified atom stereocenters. The van der Waals surface area contributed by atoms with Crippen LogP contribution in [0, 0.1) is 5.92 Å². The molecule has 1 fully saturated rings. The molecule has 110 valence electrons. The first-order valence-corrected chi connectivity index (χ1v) is 8.61. The number of hydrogen-bond acceptors (Lipinski definition) is 3. The van der Waals surface area contributed by atoms with E-state index in [0.717, 1.165) is 50.1 Å². The van der Waals surface area contributed by atoms with Crippen molar-refractivity contribution in [3.63, 3.8) is 0 Å². The predicted octanol–water partition coefficient (Wildman–Crippen LogP) is 2.86. The molecule has 3 rings (SSSR count). The third-order valence-electron chi connectivity index (χ3n) is 4.55. The van der Waals surface area contributed by atoms with Crippen molar-refractivity contribution in [2.24, 2.45) is 5.92 Å². The summed E-state index contributed by atoms with van der Waals surface area (Å²) in [4.78, 5) is 17.0. The van der Waals surface area contributed by atoms with Crippen LogP contribution < -0.4 is 0 Å². The first kappa shape index (κ1) is 14.1. The van der Waals surface area contributed by atoms with E-state index in [9.17, 15) is 4.79 Å². The Hall–Kier alpha value is -0.870. The van der Waals surface area contributed by atoms with Gasteiger partial charge in [0.05, 0.1) is 4.88 Å². The third-order valence-corrected chi connectivity index (χ3v) is 5.78. The average Bonchev–Trinajstić information content (AvgIpc) is 2.91. The molecule has 0 bridgehead atoms. The number of aliphatic hydroxyl groups excluding tert-OH is 1. The molecule has 0 spiro atoms. The normalized spacial score (nSPS) is 22.6. The monoisotopic (exact) mass is 293 g/mol. The number of likely N-dealkylation sites (tertiary alicyclic amines) is 1. The van der Waals surface area contributed by atoms with Crippen LogP contribution in [0.3, 0.4) is 0 Å². The molecule has 3 nitrogen and oxygen atoms in total. The molecular formula is C16H23NO2S. The first-order valence-electron chi connectivity index (χ1n) is 7.79. The number of rotatable bonds is 3. The lowest BCUT2D eigenvalue weighted by Gasteiger charge is -2.32. The number of amides is 1. The molecule has 20 heavy (non-hydrogen) atoms. The van der Waals surface area contributed by atoms with Gasteiger partial charge in [0.15, 0.2) is 0 Å². The zero-order chi connectivity index (χ0) is 13.9. The molecule has 1 aliphatic heterocycles. The molecule has 2 heterocycles. The summed E-state index contributed by atoms with van der Waals surface area (Å²) >= 11 is 1.71. The van der Waals surface area contributed by atoms with Crippen molar-refractivity contribution in [1.82, 2.24) is 4.90 Å². The highest BCUT2D eigenvalue weighted by Gasteiger charge is 2.26. The first-order chi connectivity index (χ1) is 9.78. The van der Waals surface area contributed by atoms with Crippen molar-refractivity contribution in [3.05, 3.63) is 21.4 Å². The lowest BCUT2D eigenvalue weighted by atomic mass is 9.95. The van der Waals surface area contributed by atoms with Crippen LogP contribution >= 0.6 is 11.3 Å². The summed E-state index contributed by atoms with van der Waals surface area (Å²) < 4.78 is 0. The average molecular weight is 293 g/mol. The largest absolute Gasteiger partial charge is 0.396 e. The van der Waals surface area contributed by atoms with Crippen LogP contribution in [-0.2, 0) is 12.8 Å². The maximum absolute atomic E-state index is 12.6. The predicted molar refractivity (Wildman–Crippen MR) is 81.3 cm³/mol. The Bertz CT molecular complexity index is 457. The van der Waals surface area contributed by atoms with Gasteiger partial charge in [0, 0.05) is 24.6 Å². The number of nitrogens with zero attached hydrogens (tertiary/aromatic N) is 1. The minimum absolute atomic E-state index is 0.215. The highest BCUT2D eigenvalue weighted by atomic mass is 32.1. The lowest BCUT2D eigenvalue weighted by molar-refractivity contribution is 0.0658. The fraction of sp³-hybridized carbons (Fsp3) is 0.688. The quantitative estimate of drug-likeness (QED) is 0.931. The smallest absolute Gasteiger partial charge is 0.263 e. The van der Waals surface area contributed by atoms with Gasteiger partial charge >= 0.3 is 0 Å². The summed E-state index contributed by atoms with van der Waals surface area (Å²) in [6.45, 7) is 1.94. The van der Waals surface area contributed by atoms with Gasteiger partial charge in [0.2, 0.25) is 0 Å². The molecular weight excluding hydrogens is 270 g/mol. The number of thiophene rings is 1. The number of aryl methyl sites for hydroxylation is 2. The number of carbonyl (C=O) groups is 1. The second kappa shape index (κ2) is 6.27. The van der Waals surface area contributed by atoms with Gasteiger partial charge in [0.1, 0.15) is 0 Å². The van der Waals surface area contributed by atoms with E-state index >= 15 is 0 Å². The van der Waals surface area contributed by atoms with Crippen molar-refractivity contribution in [1.29, 1.82) is 0 Å². The lowest BCUT2D eigenvalue weighted by Crippen LogP contribution is -2.39. The Balaban J connectivity index is 1.70. The van der Waals surface area contributed by atoms with E-state index < -0.39 is 0 Å². The van der Waals surface area contributed by atoms with Crippen molar-refractivity contribution in [2.75, 3.05) is 19.7 Å². The Morgan fingerprint density at radius 3 is 3.00 bits per heavy atom. The van der Waals surface area contributed by atoms with Gasteiger partial charge < -0.3 is 10.0 Å². The zero-order valence-electron chi connectivity index (χ0n) is 11.9. The van der Waals surface area contributed by atoms with Crippen LogP contribution in [0.5, 0.6) is 0 Å². The van der Waals surface area contributed by atoms with E-state index in [-0.39, 0.29) is 12.5 Å². The van der Waals surface area contributed by atoms with Crippen LogP contribution in [0.15, 0.2) is 6.07 Å². The molecule has 1 atom stereocenters. The zero-order valence-corrected chi connectivity index (χ0v) is 12.8. The van der Waals surface area contributed by atoms with Crippen molar-refractivity contribution in [2.45, 2.75) is 44.9 Å². The molecule has 1 aromatic rings. The van der Waals surface area contributed by atoms with Crippen LogP contribution in [0.1, 0.15) is 52.2 Å². The summed E-state index contributed by atoms with van der Waals surface area (Å²) in [5, 5.41) is 9.07. The summed E-state index contributed by atoms with van der Waals surface area (Å²) in [7, 11) is 0. The molecule has 2 aliphatic rings. The molecule has 4 heteroatoms. The molecule has 0 aromatic carbocycles. The van der Waals surface area contributed by atoms with Crippen molar-refractivity contribution >= 4 is 17.2 Å². The van der Waals surface area contributed by atoms with Crippen molar-refractivity contribution in [3.8, 4) is 0 Å². The minimum atomic E-state index is 0.215.